The highest BCUT2D eigenvalue weighted by Crippen LogP contribution is 2.22. The van der Waals surface area contributed by atoms with Crippen molar-refractivity contribution in [1.82, 2.24) is 9.55 Å². The van der Waals surface area contributed by atoms with Crippen molar-refractivity contribution >= 4 is 29.9 Å². The first-order chi connectivity index (χ1) is 6.23. The van der Waals surface area contributed by atoms with E-state index < -0.39 is 0 Å². The summed E-state index contributed by atoms with van der Waals surface area (Å²) in [5.41, 5.74) is -0.129. The van der Waals surface area contributed by atoms with Gasteiger partial charge in [-0.1, -0.05) is 24.4 Å². The molecule has 1 aromatic rings. The van der Waals surface area contributed by atoms with Crippen LogP contribution in [0.3, 0.4) is 0 Å². The number of allylic oxidation sites excluding steroid dienone is 2. The first-order valence-electron chi connectivity index (χ1n) is 4.11. The molecule has 0 saturated heterocycles. The molecule has 1 aromatic heterocycles. The van der Waals surface area contributed by atoms with Crippen LogP contribution in [0.4, 0.5) is 0 Å². The lowest BCUT2D eigenvalue weighted by Crippen LogP contribution is -2.08. The number of fused-ring (bicyclic) bond motifs is 1. The highest BCUT2D eigenvalue weighted by Gasteiger charge is 2.15. The second kappa shape index (κ2) is 2.92. The van der Waals surface area contributed by atoms with Gasteiger partial charge in [-0.3, -0.25) is 0 Å². The predicted octanol–water partition coefficient (Wildman–Crippen LogP) is 2.39. The number of aromatic nitrogens is 2. The van der Waals surface area contributed by atoms with Gasteiger partial charge in [-0.2, -0.15) is 0 Å². The maximum atomic E-state index is 4.97. The molecule has 0 aromatic carbocycles. The Kier molecular flexibility index (Phi) is 1.88. The summed E-state index contributed by atoms with van der Waals surface area (Å²) < 4.78 is 1.97. The molecular formula is C10H10N2S. The maximum absolute atomic E-state index is 4.97. The van der Waals surface area contributed by atoms with Crippen molar-refractivity contribution < 1.29 is 0 Å². The minimum Gasteiger partial charge on any atom is -0.307 e. The van der Waals surface area contributed by atoms with Crippen molar-refractivity contribution in [3.05, 3.63) is 30.4 Å². The second-order valence-electron chi connectivity index (χ2n) is 3.33. The molecule has 0 aliphatic carbocycles. The van der Waals surface area contributed by atoms with E-state index in [1.165, 1.54) is 0 Å². The van der Waals surface area contributed by atoms with Gasteiger partial charge < -0.3 is 4.57 Å². The van der Waals surface area contributed by atoms with Crippen molar-refractivity contribution in [3.63, 3.8) is 0 Å². The summed E-state index contributed by atoms with van der Waals surface area (Å²) in [6.07, 6.45) is 11.8. The summed E-state index contributed by atoms with van der Waals surface area (Å²) in [7, 11) is 0. The van der Waals surface area contributed by atoms with Crippen LogP contribution in [-0.4, -0.2) is 14.9 Å². The van der Waals surface area contributed by atoms with E-state index in [2.05, 4.69) is 24.1 Å². The average Bonchev–Trinajstić information content (AvgIpc) is 2.54. The summed E-state index contributed by atoms with van der Waals surface area (Å²) in [5, 5.41) is 1.76. The van der Waals surface area contributed by atoms with E-state index in [-0.39, 0.29) is 5.41 Å². The predicted molar refractivity (Wildman–Crippen MR) is 58.4 cm³/mol. The summed E-state index contributed by atoms with van der Waals surface area (Å²) in [6.45, 7) is 2.07. The van der Waals surface area contributed by atoms with Gasteiger partial charge >= 0.3 is 0 Å². The van der Waals surface area contributed by atoms with Crippen LogP contribution in [0.5, 0.6) is 0 Å². The molecule has 13 heavy (non-hydrogen) atoms. The number of nitrogens with zero attached hydrogens (tertiary/aromatic N) is 2. The van der Waals surface area contributed by atoms with Crippen molar-refractivity contribution in [3.8, 4) is 0 Å². The van der Waals surface area contributed by atoms with E-state index >= 15 is 0 Å². The Bertz CT molecular complexity index is 359. The Morgan fingerprint density at radius 1 is 1.54 bits per heavy atom. The minimum absolute atomic E-state index is 0.129. The molecule has 3 heteroatoms. The molecule has 0 spiro atoms. The SMILES string of the molecule is CC1(C=S)C=Cc2nccn2C=C1. The third kappa shape index (κ3) is 1.47. The highest BCUT2D eigenvalue weighted by molar-refractivity contribution is 7.79. The van der Waals surface area contributed by atoms with Crippen LogP contribution in [-0.2, 0) is 0 Å². The normalized spacial score (nSPS) is 25.3. The molecule has 66 valence electrons. The third-order valence-corrected chi connectivity index (χ3v) is 2.65. The van der Waals surface area contributed by atoms with Gasteiger partial charge in [-0.15, -0.1) is 0 Å². The van der Waals surface area contributed by atoms with Crippen LogP contribution >= 0.6 is 12.2 Å². The fourth-order valence-electron chi connectivity index (χ4n) is 1.21. The Hall–Kier alpha value is -1.22. The van der Waals surface area contributed by atoms with Crippen LogP contribution in [0.1, 0.15) is 12.7 Å². The van der Waals surface area contributed by atoms with Gasteiger partial charge in [0.05, 0.1) is 0 Å². The quantitative estimate of drug-likeness (QED) is 0.633. The zero-order chi connectivity index (χ0) is 9.31. The van der Waals surface area contributed by atoms with E-state index in [9.17, 15) is 0 Å². The molecule has 0 saturated carbocycles. The molecule has 2 nitrogen and oxygen atoms in total. The van der Waals surface area contributed by atoms with E-state index in [0.29, 0.717) is 0 Å². The molecule has 0 amide bonds. The molecule has 0 radical (unpaired) electrons. The van der Waals surface area contributed by atoms with Crippen LogP contribution in [0.2, 0.25) is 0 Å². The number of hydrogen-bond acceptors (Lipinski definition) is 2. The van der Waals surface area contributed by atoms with Gasteiger partial charge in [0.25, 0.3) is 0 Å². The number of thiocarbonyl (C=S) groups is 1. The lowest BCUT2D eigenvalue weighted by atomic mass is 9.93. The van der Waals surface area contributed by atoms with Crippen LogP contribution in [0, 0.1) is 5.41 Å². The number of rotatable bonds is 1. The van der Waals surface area contributed by atoms with Crippen LogP contribution in [0.25, 0.3) is 12.3 Å². The van der Waals surface area contributed by atoms with Gasteiger partial charge in [-0.05, 0) is 18.4 Å². The smallest absolute Gasteiger partial charge is 0.136 e. The monoisotopic (exact) mass is 190 g/mol. The standard InChI is InChI=1S/C10H10N2S/c1-10(8-13)3-2-9-11-5-7-12(9)6-4-10/h2-8H,1H3. The largest absolute Gasteiger partial charge is 0.307 e. The summed E-state index contributed by atoms with van der Waals surface area (Å²) in [5.74, 6) is 0.942. The molecule has 0 N–H and O–H groups in total. The second-order valence-corrected chi connectivity index (χ2v) is 3.56. The summed E-state index contributed by atoms with van der Waals surface area (Å²) in [4.78, 5) is 4.19. The summed E-state index contributed by atoms with van der Waals surface area (Å²) >= 11 is 4.97. The fourth-order valence-corrected chi connectivity index (χ4v) is 1.37. The van der Waals surface area contributed by atoms with Gasteiger partial charge in [0.15, 0.2) is 0 Å². The Morgan fingerprint density at radius 2 is 2.38 bits per heavy atom. The molecule has 1 atom stereocenters. The van der Waals surface area contributed by atoms with E-state index in [0.717, 1.165) is 5.82 Å². The zero-order valence-electron chi connectivity index (χ0n) is 7.34. The molecule has 1 aliphatic heterocycles. The lowest BCUT2D eigenvalue weighted by molar-refractivity contribution is 0.811. The van der Waals surface area contributed by atoms with Crippen molar-refractivity contribution in [1.29, 1.82) is 0 Å². The average molecular weight is 190 g/mol. The lowest BCUT2D eigenvalue weighted by Gasteiger charge is -2.12. The van der Waals surface area contributed by atoms with E-state index in [1.54, 1.807) is 11.6 Å². The minimum atomic E-state index is -0.129. The molecule has 0 fully saturated rings. The fraction of sp³-hybridized carbons (Fsp3) is 0.200. The first kappa shape index (κ1) is 8.38. The van der Waals surface area contributed by atoms with E-state index in [4.69, 9.17) is 12.2 Å². The Balaban J connectivity index is 2.48. The van der Waals surface area contributed by atoms with Gasteiger partial charge in [-0.25, -0.2) is 4.98 Å². The maximum Gasteiger partial charge on any atom is 0.136 e. The molecule has 1 aliphatic rings. The topological polar surface area (TPSA) is 17.8 Å². The van der Waals surface area contributed by atoms with Crippen molar-refractivity contribution in [2.75, 3.05) is 0 Å². The first-order valence-corrected chi connectivity index (χ1v) is 4.58. The third-order valence-electron chi connectivity index (χ3n) is 2.14. The van der Waals surface area contributed by atoms with Gasteiger partial charge in [0.1, 0.15) is 5.82 Å². The number of imidazole rings is 1. The van der Waals surface area contributed by atoms with Crippen molar-refractivity contribution in [2.45, 2.75) is 6.92 Å². The Labute approximate surface area is 82.6 Å². The molecule has 0 bridgehead atoms. The molecule has 2 heterocycles. The van der Waals surface area contributed by atoms with E-state index in [1.807, 2.05) is 23.0 Å². The van der Waals surface area contributed by atoms with Gasteiger partial charge in [0.2, 0.25) is 0 Å². The van der Waals surface area contributed by atoms with Crippen LogP contribution in [0.15, 0.2) is 24.5 Å². The highest BCUT2D eigenvalue weighted by atomic mass is 32.1. The molecule has 2 rings (SSSR count). The summed E-state index contributed by atoms with van der Waals surface area (Å²) in [6, 6.07) is 0. The number of hydrogen-bond donors (Lipinski definition) is 0. The molecule has 1 unspecified atom stereocenters. The van der Waals surface area contributed by atoms with Gasteiger partial charge in [0, 0.05) is 24.0 Å². The van der Waals surface area contributed by atoms with Crippen molar-refractivity contribution in [2.24, 2.45) is 5.41 Å². The Morgan fingerprint density at radius 3 is 3.15 bits per heavy atom. The molecular weight excluding hydrogens is 180 g/mol. The van der Waals surface area contributed by atoms with Crippen LogP contribution < -0.4 is 0 Å². The zero-order valence-corrected chi connectivity index (χ0v) is 8.16.